The number of anilines is 1. The van der Waals surface area contributed by atoms with Crippen LogP contribution in [0.5, 0.6) is 0 Å². The summed E-state index contributed by atoms with van der Waals surface area (Å²) >= 11 is 0. The fourth-order valence-electron chi connectivity index (χ4n) is 1.67. The maximum absolute atomic E-state index is 13.4. The molecular weight excluding hydrogens is 249 g/mol. The van der Waals surface area contributed by atoms with Crippen molar-refractivity contribution in [1.82, 2.24) is 10.1 Å². The third kappa shape index (κ3) is 2.73. The van der Waals surface area contributed by atoms with Crippen LogP contribution in [0.4, 0.5) is 10.1 Å². The summed E-state index contributed by atoms with van der Waals surface area (Å²) in [5.74, 6) is 0.143. The van der Waals surface area contributed by atoms with Gasteiger partial charge in [-0.25, -0.2) is 4.39 Å². The first kappa shape index (κ1) is 13.5. The third-order valence-electron chi connectivity index (χ3n) is 2.72. The highest BCUT2D eigenvalue weighted by atomic mass is 19.1. The van der Waals surface area contributed by atoms with Crippen molar-refractivity contribution in [3.8, 4) is 11.5 Å². The van der Waals surface area contributed by atoms with E-state index in [1.165, 1.54) is 12.1 Å². The van der Waals surface area contributed by atoms with Crippen LogP contribution < -0.4 is 5.73 Å². The summed E-state index contributed by atoms with van der Waals surface area (Å²) in [7, 11) is 0. The van der Waals surface area contributed by atoms with Gasteiger partial charge in [0.05, 0.1) is 5.69 Å². The maximum atomic E-state index is 13.4. The fraction of sp³-hybridized carbons (Fsp3) is 0.385. The van der Waals surface area contributed by atoms with Gasteiger partial charge in [0.15, 0.2) is 0 Å². The molecule has 0 fully saturated rings. The number of ether oxygens (including phenoxy) is 1. The quantitative estimate of drug-likeness (QED) is 0.860. The molecule has 1 aromatic heterocycles. The van der Waals surface area contributed by atoms with E-state index < -0.39 is 11.4 Å². The molecule has 0 radical (unpaired) electrons. The molecule has 0 atom stereocenters. The lowest BCUT2D eigenvalue weighted by atomic mass is 10.1. The molecule has 0 saturated heterocycles. The summed E-state index contributed by atoms with van der Waals surface area (Å²) in [6.45, 7) is 6.11. The molecule has 102 valence electrons. The number of halogens is 1. The molecule has 1 aromatic carbocycles. The van der Waals surface area contributed by atoms with Gasteiger partial charge in [0.2, 0.25) is 5.82 Å². The monoisotopic (exact) mass is 265 g/mol. The van der Waals surface area contributed by atoms with E-state index in [-0.39, 0.29) is 11.6 Å². The SMILES string of the molecule is CCOC(C)(C)c1noc(-c2ccc(N)c(F)c2)n1. The Kier molecular flexibility index (Phi) is 3.53. The van der Waals surface area contributed by atoms with Crippen molar-refractivity contribution in [1.29, 1.82) is 0 Å². The third-order valence-corrected chi connectivity index (χ3v) is 2.72. The zero-order valence-electron chi connectivity index (χ0n) is 11.1. The Labute approximate surface area is 110 Å². The maximum Gasteiger partial charge on any atom is 0.258 e. The second-order valence-electron chi connectivity index (χ2n) is 4.60. The van der Waals surface area contributed by atoms with Crippen LogP contribution >= 0.6 is 0 Å². The van der Waals surface area contributed by atoms with Gasteiger partial charge in [-0.3, -0.25) is 0 Å². The summed E-state index contributed by atoms with van der Waals surface area (Å²) in [5.41, 5.74) is 5.33. The average molecular weight is 265 g/mol. The first-order chi connectivity index (χ1) is 8.94. The van der Waals surface area contributed by atoms with Gasteiger partial charge in [-0.05, 0) is 39.0 Å². The van der Waals surface area contributed by atoms with E-state index in [2.05, 4.69) is 10.1 Å². The molecule has 0 bridgehead atoms. The topological polar surface area (TPSA) is 74.2 Å². The number of hydrogen-bond donors (Lipinski definition) is 1. The number of nitrogens with zero attached hydrogens (tertiary/aromatic N) is 2. The van der Waals surface area contributed by atoms with Crippen molar-refractivity contribution in [3.63, 3.8) is 0 Å². The zero-order chi connectivity index (χ0) is 14.0. The minimum Gasteiger partial charge on any atom is -0.396 e. The first-order valence-electron chi connectivity index (χ1n) is 5.97. The minimum absolute atomic E-state index is 0.0816. The van der Waals surface area contributed by atoms with Gasteiger partial charge in [0.1, 0.15) is 11.4 Å². The number of aromatic nitrogens is 2. The molecule has 0 aliphatic heterocycles. The fourth-order valence-corrected chi connectivity index (χ4v) is 1.67. The van der Waals surface area contributed by atoms with Crippen molar-refractivity contribution in [3.05, 3.63) is 29.8 Å². The summed E-state index contributed by atoms with van der Waals surface area (Å²) < 4.78 is 24.0. The van der Waals surface area contributed by atoms with Crippen LogP contribution in [0.25, 0.3) is 11.5 Å². The summed E-state index contributed by atoms with van der Waals surface area (Å²) in [6.07, 6.45) is 0. The second-order valence-corrected chi connectivity index (χ2v) is 4.60. The van der Waals surface area contributed by atoms with Gasteiger partial charge in [-0.2, -0.15) is 4.98 Å². The molecule has 2 aromatic rings. The molecule has 0 aliphatic carbocycles. The van der Waals surface area contributed by atoms with Crippen LogP contribution in [0.3, 0.4) is 0 Å². The number of rotatable bonds is 4. The predicted octanol–water partition coefficient (Wildman–Crippen LogP) is 2.73. The highest BCUT2D eigenvalue weighted by Crippen LogP contribution is 2.26. The smallest absolute Gasteiger partial charge is 0.258 e. The summed E-state index contributed by atoms with van der Waals surface area (Å²) in [6, 6.07) is 4.35. The zero-order valence-corrected chi connectivity index (χ0v) is 11.1. The van der Waals surface area contributed by atoms with Crippen LogP contribution in [0, 0.1) is 5.82 Å². The van der Waals surface area contributed by atoms with Crippen LogP contribution in [-0.2, 0) is 10.3 Å². The Morgan fingerprint density at radius 2 is 2.16 bits per heavy atom. The van der Waals surface area contributed by atoms with Gasteiger partial charge in [-0.15, -0.1) is 0 Å². The normalized spacial score (nSPS) is 11.8. The first-order valence-corrected chi connectivity index (χ1v) is 5.97. The Morgan fingerprint density at radius 3 is 2.79 bits per heavy atom. The van der Waals surface area contributed by atoms with Gasteiger partial charge in [-0.1, -0.05) is 5.16 Å². The van der Waals surface area contributed by atoms with E-state index in [1.54, 1.807) is 6.07 Å². The predicted molar refractivity (Wildman–Crippen MR) is 68.8 cm³/mol. The molecule has 19 heavy (non-hydrogen) atoms. The molecule has 2 rings (SSSR count). The van der Waals surface area contributed by atoms with Gasteiger partial charge in [0.25, 0.3) is 5.89 Å². The van der Waals surface area contributed by atoms with E-state index >= 15 is 0 Å². The highest BCUT2D eigenvalue weighted by Gasteiger charge is 2.27. The molecule has 0 unspecified atom stereocenters. The molecule has 1 heterocycles. The number of nitrogens with two attached hydrogens (primary N) is 1. The van der Waals surface area contributed by atoms with Crippen molar-refractivity contribution in [2.45, 2.75) is 26.4 Å². The summed E-state index contributed by atoms with van der Waals surface area (Å²) in [4.78, 5) is 4.23. The van der Waals surface area contributed by atoms with Gasteiger partial charge < -0.3 is 15.0 Å². The van der Waals surface area contributed by atoms with Crippen molar-refractivity contribution in [2.75, 3.05) is 12.3 Å². The average Bonchev–Trinajstić information content (AvgIpc) is 2.83. The Bertz CT molecular complexity index is 581. The van der Waals surface area contributed by atoms with Crippen molar-refractivity contribution in [2.24, 2.45) is 0 Å². The van der Waals surface area contributed by atoms with Crippen molar-refractivity contribution < 1.29 is 13.7 Å². The number of hydrogen-bond acceptors (Lipinski definition) is 5. The molecule has 0 aliphatic rings. The van der Waals surface area contributed by atoms with E-state index in [9.17, 15) is 4.39 Å². The number of nitrogen functional groups attached to an aromatic ring is 1. The minimum atomic E-state index is -0.650. The molecule has 5 nitrogen and oxygen atoms in total. The van der Waals surface area contributed by atoms with E-state index in [1.807, 2.05) is 20.8 Å². The molecule has 0 saturated carbocycles. The highest BCUT2D eigenvalue weighted by molar-refractivity contribution is 5.57. The molecule has 6 heteroatoms. The second kappa shape index (κ2) is 4.97. The molecular formula is C13H16FN3O2. The lowest BCUT2D eigenvalue weighted by Crippen LogP contribution is -2.23. The standard InChI is InChI=1S/C13H16FN3O2/c1-4-18-13(2,3)12-16-11(19-17-12)8-5-6-10(15)9(14)7-8/h5-7H,4,15H2,1-3H3. The summed E-state index contributed by atoms with van der Waals surface area (Å²) in [5, 5.41) is 3.87. The van der Waals surface area contributed by atoms with Crippen molar-refractivity contribution >= 4 is 5.69 Å². The van der Waals surface area contributed by atoms with Crippen LogP contribution in [0.2, 0.25) is 0 Å². The largest absolute Gasteiger partial charge is 0.396 e. The van der Waals surface area contributed by atoms with E-state index in [0.29, 0.717) is 18.0 Å². The van der Waals surface area contributed by atoms with Gasteiger partial charge >= 0.3 is 0 Å². The Morgan fingerprint density at radius 1 is 1.42 bits per heavy atom. The lowest BCUT2D eigenvalue weighted by molar-refractivity contribution is -0.0221. The Hall–Kier alpha value is -1.95. The van der Waals surface area contributed by atoms with Crippen LogP contribution in [-0.4, -0.2) is 16.7 Å². The Balaban J connectivity index is 2.33. The van der Waals surface area contributed by atoms with Crippen LogP contribution in [0.1, 0.15) is 26.6 Å². The van der Waals surface area contributed by atoms with E-state index in [4.69, 9.17) is 15.0 Å². The van der Waals surface area contributed by atoms with E-state index in [0.717, 1.165) is 0 Å². The lowest BCUT2D eigenvalue weighted by Gasteiger charge is -2.19. The molecule has 0 amide bonds. The molecule has 0 spiro atoms. The van der Waals surface area contributed by atoms with Crippen LogP contribution in [0.15, 0.2) is 22.7 Å². The molecule has 2 N–H and O–H groups in total. The number of benzene rings is 1. The van der Waals surface area contributed by atoms with Gasteiger partial charge in [0, 0.05) is 12.2 Å².